The van der Waals surface area contributed by atoms with Crippen molar-refractivity contribution in [1.82, 2.24) is 10.2 Å². The molecular formula is C15H20N4. The van der Waals surface area contributed by atoms with Crippen LogP contribution >= 0.6 is 0 Å². The van der Waals surface area contributed by atoms with Crippen LogP contribution in [0.1, 0.15) is 19.3 Å². The van der Waals surface area contributed by atoms with Crippen molar-refractivity contribution >= 4 is 16.6 Å². The van der Waals surface area contributed by atoms with Crippen molar-refractivity contribution in [3.05, 3.63) is 30.5 Å². The molecule has 4 nitrogen and oxygen atoms in total. The van der Waals surface area contributed by atoms with Crippen LogP contribution in [0.5, 0.6) is 0 Å². The highest BCUT2D eigenvalue weighted by Gasteiger charge is 2.30. The van der Waals surface area contributed by atoms with Gasteiger partial charge in [0, 0.05) is 23.9 Å². The van der Waals surface area contributed by atoms with E-state index >= 15 is 0 Å². The fraction of sp³-hybridized carbons (Fsp3) is 0.467. The second-order valence-electron chi connectivity index (χ2n) is 5.36. The van der Waals surface area contributed by atoms with Gasteiger partial charge in [0.05, 0.1) is 6.20 Å². The Morgan fingerprint density at radius 2 is 2.16 bits per heavy atom. The Labute approximate surface area is 113 Å². The zero-order chi connectivity index (χ0) is 13.2. The van der Waals surface area contributed by atoms with E-state index in [4.69, 9.17) is 5.73 Å². The van der Waals surface area contributed by atoms with E-state index in [2.05, 4.69) is 40.3 Å². The van der Waals surface area contributed by atoms with Crippen LogP contribution in [-0.2, 0) is 0 Å². The molecule has 100 valence electrons. The Morgan fingerprint density at radius 3 is 3.00 bits per heavy atom. The molecule has 4 heteroatoms. The molecule has 2 unspecified atom stereocenters. The predicted molar refractivity (Wildman–Crippen MR) is 78.1 cm³/mol. The number of fused-ring (bicyclic) bond motifs is 1. The molecule has 2 aromatic rings. The Kier molecular flexibility index (Phi) is 3.34. The lowest BCUT2D eigenvalue weighted by atomic mass is 10.0. The van der Waals surface area contributed by atoms with Crippen molar-refractivity contribution in [2.24, 2.45) is 11.7 Å². The van der Waals surface area contributed by atoms with Gasteiger partial charge in [0.2, 0.25) is 0 Å². The van der Waals surface area contributed by atoms with E-state index in [1.54, 1.807) is 0 Å². The van der Waals surface area contributed by atoms with Gasteiger partial charge in [0.1, 0.15) is 0 Å². The first-order valence-electron chi connectivity index (χ1n) is 6.94. The molecule has 1 heterocycles. The Morgan fingerprint density at radius 1 is 1.32 bits per heavy atom. The van der Waals surface area contributed by atoms with E-state index in [1.165, 1.54) is 24.6 Å². The van der Waals surface area contributed by atoms with E-state index < -0.39 is 0 Å². The van der Waals surface area contributed by atoms with Gasteiger partial charge in [-0.25, -0.2) is 0 Å². The highest BCUT2D eigenvalue weighted by Crippen LogP contribution is 2.33. The molecule has 0 spiro atoms. The molecule has 1 fully saturated rings. The molecule has 3 rings (SSSR count). The number of hydrogen-bond acceptors (Lipinski definition) is 4. The summed E-state index contributed by atoms with van der Waals surface area (Å²) in [7, 11) is 2.12. The summed E-state index contributed by atoms with van der Waals surface area (Å²) in [5, 5.41) is 10.8. The van der Waals surface area contributed by atoms with Crippen LogP contribution in [0.3, 0.4) is 0 Å². The van der Waals surface area contributed by atoms with Crippen LogP contribution in [0, 0.1) is 5.92 Å². The summed E-state index contributed by atoms with van der Waals surface area (Å²) < 4.78 is 0. The molecule has 19 heavy (non-hydrogen) atoms. The highest BCUT2D eigenvalue weighted by molar-refractivity contribution is 5.91. The minimum atomic E-state index is 0.491. The molecule has 0 bridgehead atoms. The van der Waals surface area contributed by atoms with E-state index in [1.807, 2.05) is 12.3 Å². The zero-order valence-electron chi connectivity index (χ0n) is 11.3. The summed E-state index contributed by atoms with van der Waals surface area (Å²) in [6, 6.07) is 8.77. The molecular weight excluding hydrogens is 236 g/mol. The maximum absolute atomic E-state index is 5.89. The SMILES string of the molecule is CN(c1nncc2ccccc12)C1CCCC1CN. The Hall–Kier alpha value is -1.68. The first kappa shape index (κ1) is 12.4. The molecule has 2 N–H and O–H groups in total. The van der Waals surface area contributed by atoms with Crippen molar-refractivity contribution < 1.29 is 0 Å². The van der Waals surface area contributed by atoms with Gasteiger partial charge in [-0.2, -0.15) is 5.10 Å². The van der Waals surface area contributed by atoms with Gasteiger partial charge in [-0.3, -0.25) is 0 Å². The maximum Gasteiger partial charge on any atom is 0.159 e. The predicted octanol–water partition coefficient (Wildman–Crippen LogP) is 2.19. The lowest BCUT2D eigenvalue weighted by molar-refractivity contribution is 0.472. The molecule has 0 radical (unpaired) electrons. The number of hydrogen-bond donors (Lipinski definition) is 1. The summed E-state index contributed by atoms with van der Waals surface area (Å²) >= 11 is 0. The highest BCUT2D eigenvalue weighted by atomic mass is 15.3. The van der Waals surface area contributed by atoms with Crippen LogP contribution in [0.15, 0.2) is 30.5 Å². The molecule has 0 aliphatic heterocycles. The van der Waals surface area contributed by atoms with Gasteiger partial charge in [0.15, 0.2) is 5.82 Å². The van der Waals surface area contributed by atoms with Gasteiger partial charge in [-0.05, 0) is 25.3 Å². The minimum absolute atomic E-state index is 0.491. The average molecular weight is 256 g/mol. The summed E-state index contributed by atoms with van der Waals surface area (Å²) in [4.78, 5) is 2.28. The average Bonchev–Trinajstić information content (AvgIpc) is 2.94. The molecule has 1 aliphatic carbocycles. The first-order valence-corrected chi connectivity index (χ1v) is 6.94. The molecule has 1 saturated carbocycles. The van der Waals surface area contributed by atoms with Crippen molar-refractivity contribution in [3.63, 3.8) is 0 Å². The first-order chi connectivity index (χ1) is 9.31. The molecule has 2 atom stereocenters. The topological polar surface area (TPSA) is 55.0 Å². The third kappa shape index (κ3) is 2.16. The monoisotopic (exact) mass is 256 g/mol. The molecule has 0 saturated heterocycles. The van der Waals surface area contributed by atoms with Crippen LogP contribution in [0.4, 0.5) is 5.82 Å². The Balaban J connectivity index is 1.99. The summed E-state index contributed by atoms with van der Waals surface area (Å²) in [6.07, 6.45) is 5.50. The molecule has 1 aliphatic rings. The largest absolute Gasteiger partial charge is 0.354 e. The summed E-state index contributed by atoms with van der Waals surface area (Å²) in [5.74, 6) is 1.55. The van der Waals surface area contributed by atoms with Crippen LogP contribution in [0.25, 0.3) is 10.8 Å². The number of rotatable bonds is 3. The lowest BCUT2D eigenvalue weighted by Gasteiger charge is -2.30. The van der Waals surface area contributed by atoms with Crippen LogP contribution in [0.2, 0.25) is 0 Å². The summed E-state index contributed by atoms with van der Waals surface area (Å²) in [5.41, 5.74) is 5.89. The van der Waals surface area contributed by atoms with Gasteiger partial charge in [0.25, 0.3) is 0 Å². The number of nitrogens with two attached hydrogens (primary N) is 1. The van der Waals surface area contributed by atoms with Gasteiger partial charge in [-0.1, -0.05) is 30.7 Å². The lowest BCUT2D eigenvalue weighted by Crippen LogP contribution is -2.38. The Bertz CT molecular complexity index is 564. The second-order valence-corrected chi connectivity index (χ2v) is 5.36. The molecule has 1 aromatic carbocycles. The number of aromatic nitrogens is 2. The third-order valence-electron chi connectivity index (χ3n) is 4.30. The second kappa shape index (κ2) is 5.13. The zero-order valence-corrected chi connectivity index (χ0v) is 11.3. The minimum Gasteiger partial charge on any atom is -0.354 e. The van der Waals surface area contributed by atoms with E-state index in [0.29, 0.717) is 12.0 Å². The summed E-state index contributed by atoms with van der Waals surface area (Å²) in [6.45, 7) is 0.757. The van der Waals surface area contributed by atoms with Crippen molar-refractivity contribution in [1.29, 1.82) is 0 Å². The molecule has 0 amide bonds. The maximum atomic E-state index is 5.89. The van der Waals surface area contributed by atoms with Crippen molar-refractivity contribution in [2.45, 2.75) is 25.3 Å². The van der Waals surface area contributed by atoms with Crippen molar-refractivity contribution in [3.8, 4) is 0 Å². The normalized spacial score (nSPS) is 22.8. The van der Waals surface area contributed by atoms with Crippen LogP contribution < -0.4 is 10.6 Å². The number of nitrogens with zero attached hydrogens (tertiary/aromatic N) is 3. The molecule has 1 aromatic heterocycles. The fourth-order valence-corrected chi connectivity index (χ4v) is 3.23. The third-order valence-corrected chi connectivity index (χ3v) is 4.30. The van der Waals surface area contributed by atoms with Gasteiger partial charge in [-0.15, -0.1) is 5.10 Å². The smallest absolute Gasteiger partial charge is 0.159 e. The van der Waals surface area contributed by atoms with E-state index in [-0.39, 0.29) is 0 Å². The van der Waals surface area contributed by atoms with E-state index in [9.17, 15) is 0 Å². The van der Waals surface area contributed by atoms with Gasteiger partial charge >= 0.3 is 0 Å². The number of benzene rings is 1. The van der Waals surface area contributed by atoms with Crippen LogP contribution in [-0.4, -0.2) is 29.8 Å². The number of anilines is 1. The quantitative estimate of drug-likeness (QED) is 0.914. The van der Waals surface area contributed by atoms with E-state index in [0.717, 1.165) is 17.7 Å². The van der Waals surface area contributed by atoms with Crippen molar-refractivity contribution in [2.75, 3.05) is 18.5 Å². The van der Waals surface area contributed by atoms with Gasteiger partial charge < -0.3 is 10.6 Å². The fourth-order valence-electron chi connectivity index (χ4n) is 3.23. The standard InChI is InChI=1S/C15H20N4/c1-19(14-8-4-6-11(14)9-16)15-13-7-3-2-5-12(13)10-17-18-15/h2-3,5,7,10-11,14H,4,6,8-9,16H2,1H3.